The topological polar surface area (TPSA) is 21.8 Å². The smallest absolute Gasteiger partial charge is 0.167 e. The van der Waals surface area contributed by atoms with Gasteiger partial charge in [0, 0.05) is 16.7 Å². The first kappa shape index (κ1) is 22.9. The molecule has 0 N–H and O–H groups in total. The van der Waals surface area contributed by atoms with Crippen molar-refractivity contribution in [1.29, 1.82) is 0 Å². The molecule has 2 nitrogen and oxygen atoms in total. The molecule has 0 aromatic heterocycles. The summed E-state index contributed by atoms with van der Waals surface area (Å²) >= 11 is 0. The lowest BCUT2D eigenvalue weighted by molar-refractivity contribution is 0.297. The van der Waals surface area contributed by atoms with Gasteiger partial charge in [-0.25, -0.2) is 13.2 Å². The minimum atomic E-state index is -0.932. The van der Waals surface area contributed by atoms with E-state index in [1.165, 1.54) is 12.1 Å². The van der Waals surface area contributed by atoms with Gasteiger partial charge in [-0.3, -0.25) is 0 Å². The summed E-state index contributed by atoms with van der Waals surface area (Å²) in [6.07, 6.45) is 3.85. The van der Waals surface area contributed by atoms with Gasteiger partial charge in [0.2, 0.25) is 0 Å². The van der Waals surface area contributed by atoms with Crippen LogP contribution < -0.4 is 4.74 Å². The van der Waals surface area contributed by atoms with Crippen molar-refractivity contribution < 1.29 is 22.6 Å². The average Bonchev–Trinajstić information content (AvgIpc) is 3.72. The van der Waals surface area contributed by atoms with Gasteiger partial charge >= 0.3 is 0 Å². The zero-order valence-electron chi connectivity index (χ0n) is 19.1. The van der Waals surface area contributed by atoms with E-state index < -0.39 is 11.6 Å². The van der Waals surface area contributed by atoms with E-state index >= 15 is 0 Å². The van der Waals surface area contributed by atoms with Gasteiger partial charge in [-0.15, -0.1) is 0 Å². The Morgan fingerprint density at radius 1 is 0.829 bits per heavy atom. The van der Waals surface area contributed by atoms with Gasteiger partial charge in [0.1, 0.15) is 24.3 Å². The first-order chi connectivity index (χ1) is 17.0. The van der Waals surface area contributed by atoms with Gasteiger partial charge in [-0.1, -0.05) is 72.8 Å². The molecule has 1 saturated heterocycles. The van der Waals surface area contributed by atoms with Crippen LogP contribution in [0.25, 0.3) is 28.3 Å². The minimum Gasteiger partial charge on any atom is -0.489 e. The third-order valence-electron chi connectivity index (χ3n) is 6.00. The van der Waals surface area contributed by atoms with Gasteiger partial charge in [-0.05, 0) is 47.4 Å². The van der Waals surface area contributed by atoms with Crippen LogP contribution in [-0.2, 0) is 11.3 Å². The summed E-state index contributed by atoms with van der Waals surface area (Å²) in [7, 11) is 0. The van der Waals surface area contributed by atoms with Gasteiger partial charge in [-0.2, -0.15) is 0 Å². The number of epoxide rings is 1. The average molecular weight is 473 g/mol. The van der Waals surface area contributed by atoms with Crippen LogP contribution in [0, 0.1) is 17.5 Å². The van der Waals surface area contributed by atoms with E-state index in [4.69, 9.17) is 9.47 Å². The maximum atomic E-state index is 14.8. The van der Waals surface area contributed by atoms with Crippen LogP contribution in [0.1, 0.15) is 29.7 Å². The van der Waals surface area contributed by atoms with E-state index in [1.54, 1.807) is 48.5 Å². The van der Waals surface area contributed by atoms with Crippen molar-refractivity contribution in [2.24, 2.45) is 0 Å². The predicted molar refractivity (Wildman–Crippen MR) is 131 cm³/mol. The molecular weight excluding hydrogens is 449 g/mol. The number of hydrogen-bond acceptors (Lipinski definition) is 2. The third kappa shape index (κ3) is 5.00. The summed E-state index contributed by atoms with van der Waals surface area (Å²) < 4.78 is 54.9. The summed E-state index contributed by atoms with van der Waals surface area (Å²) in [5.74, 6) is -1.68. The maximum Gasteiger partial charge on any atom is 0.167 e. The molecule has 0 amide bonds. The van der Waals surface area contributed by atoms with Crippen molar-refractivity contribution in [3.05, 3.63) is 119 Å². The Bertz CT molecular complexity index is 1370. The largest absolute Gasteiger partial charge is 0.489 e. The summed E-state index contributed by atoms with van der Waals surface area (Å²) in [6, 6.07) is 22.3. The highest BCUT2D eigenvalue weighted by Crippen LogP contribution is 2.33. The maximum absolute atomic E-state index is 14.8. The third-order valence-corrected chi connectivity index (χ3v) is 6.00. The lowest BCUT2D eigenvalue weighted by atomic mass is 10.0. The van der Waals surface area contributed by atoms with Crippen molar-refractivity contribution in [3.8, 4) is 28.0 Å². The summed E-state index contributed by atoms with van der Waals surface area (Å²) in [4.78, 5) is 0. The molecule has 4 aromatic rings. The Morgan fingerprint density at radius 3 is 2.14 bits per heavy atom. The molecule has 0 spiro atoms. The van der Waals surface area contributed by atoms with E-state index in [0.717, 1.165) is 11.1 Å². The van der Waals surface area contributed by atoms with Gasteiger partial charge in [0.15, 0.2) is 11.6 Å². The van der Waals surface area contributed by atoms with Crippen molar-refractivity contribution in [2.45, 2.75) is 19.6 Å². The highest BCUT2D eigenvalue weighted by Gasteiger charge is 2.25. The summed E-state index contributed by atoms with van der Waals surface area (Å²) in [6.45, 7) is 2.41. The molecule has 0 saturated carbocycles. The first-order valence-corrected chi connectivity index (χ1v) is 11.4. The quantitative estimate of drug-likeness (QED) is 0.253. The lowest BCUT2D eigenvalue weighted by Crippen LogP contribution is -2.02. The van der Waals surface area contributed by atoms with Gasteiger partial charge in [0.05, 0.1) is 6.61 Å². The number of rotatable bonds is 7. The van der Waals surface area contributed by atoms with Crippen molar-refractivity contribution in [1.82, 2.24) is 0 Å². The van der Waals surface area contributed by atoms with Crippen LogP contribution in [-0.4, -0.2) is 6.61 Å². The van der Waals surface area contributed by atoms with E-state index in [1.807, 2.05) is 37.3 Å². The number of ether oxygens (including phenoxy) is 2. The SMILES string of the molecule is C/C=C/c1ccc(-c2ccc(COc3ccc(-c4ccc(C5CO5)cc4F)cc3)c(F)c2F)cc1. The molecule has 1 fully saturated rings. The minimum absolute atomic E-state index is 0.00241. The molecule has 0 aliphatic carbocycles. The molecular formula is C30H23F3O2. The molecule has 5 rings (SSSR count). The Kier molecular flexibility index (Phi) is 6.43. The fraction of sp³-hybridized carbons (Fsp3) is 0.133. The molecule has 1 heterocycles. The summed E-state index contributed by atoms with van der Waals surface area (Å²) in [5.41, 5.74) is 3.90. The zero-order chi connectivity index (χ0) is 24.4. The molecule has 1 unspecified atom stereocenters. The molecule has 176 valence electrons. The van der Waals surface area contributed by atoms with Crippen molar-refractivity contribution in [2.75, 3.05) is 6.61 Å². The van der Waals surface area contributed by atoms with Crippen molar-refractivity contribution >= 4 is 6.08 Å². The van der Waals surface area contributed by atoms with Crippen LogP contribution in [0.15, 0.2) is 84.9 Å². The van der Waals surface area contributed by atoms with Crippen molar-refractivity contribution in [3.63, 3.8) is 0 Å². The van der Waals surface area contributed by atoms with E-state index in [2.05, 4.69) is 0 Å². The Morgan fingerprint density at radius 2 is 1.49 bits per heavy atom. The standard InChI is InChI=1S/C30H23F3O2/c1-2-3-19-4-6-21(7-5-19)26-15-11-23(29(32)30(26)33)17-34-24-12-8-20(9-13-24)25-14-10-22(16-27(25)31)28-18-35-28/h2-16,28H,17-18H2,1H3/b3-2+. The number of halogens is 3. The van der Waals surface area contributed by atoms with Gasteiger partial charge in [0.25, 0.3) is 0 Å². The fourth-order valence-corrected chi connectivity index (χ4v) is 3.99. The summed E-state index contributed by atoms with van der Waals surface area (Å²) in [5, 5.41) is 0. The Balaban J connectivity index is 1.27. The van der Waals surface area contributed by atoms with E-state index in [0.29, 0.717) is 29.0 Å². The van der Waals surface area contributed by atoms with Crippen LogP contribution in [0.3, 0.4) is 0 Å². The second-order valence-electron chi connectivity index (χ2n) is 8.40. The van der Waals surface area contributed by atoms with Crippen LogP contribution >= 0.6 is 0 Å². The van der Waals surface area contributed by atoms with Crippen LogP contribution in [0.2, 0.25) is 0 Å². The van der Waals surface area contributed by atoms with Gasteiger partial charge < -0.3 is 9.47 Å². The monoisotopic (exact) mass is 472 g/mol. The molecule has 4 aromatic carbocycles. The Hall–Kier alpha value is -3.83. The predicted octanol–water partition coefficient (Wildman–Crippen LogP) is 8.12. The highest BCUT2D eigenvalue weighted by atomic mass is 19.2. The second kappa shape index (κ2) is 9.80. The normalized spacial score (nSPS) is 14.9. The number of hydrogen-bond donors (Lipinski definition) is 0. The number of benzene rings is 4. The Labute approximate surface area is 202 Å². The molecule has 1 aliphatic heterocycles. The highest BCUT2D eigenvalue weighted by molar-refractivity contribution is 5.67. The molecule has 5 heteroatoms. The molecule has 1 atom stereocenters. The van der Waals surface area contributed by atoms with E-state index in [-0.39, 0.29) is 29.7 Å². The van der Waals surface area contributed by atoms with E-state index in [9.17, 15) is 13.2 Å². The molecule has 0 radical (unpaired) electrons. The molecule has 35 heavy (non-hydrogen) atoms. The number of allylic oxidation sites excluding steroid dienone is 1. The fourth-order valence-electron chi connectivity index (χ4n) is 3.99. The van der Waals surface area contributed by atoms with Crippen LogP contribution in [0.5, 0.6) is 5.75 Å². The molecule has 0 bridgehead atoms. The second-order valence-corrected chi connectivity index (χ2v) is 8.40. The first-order valence-electron chi connectivity index (χ1n) is 11.4. The molecule has 1 aliphatic rings. The lowest BCUT2D eigenvalue weighted by Gasteiger charge is -2.11. The van der Waals surface area contributed by atoms with Crippen LogP contribution in [0.4, 0.5) is 13.2 Å². The zero-order valence-corrected chi connectivity index (χ0v) is 19.1.